The van der Waals surface area contributed by atoms with Crippen LogP contribution in [0.4, 0.5) is 10.3 Å². The van der Waals surface area contributed by atoms with E-state index in [4.69, 9.17) is 0 Å². The lowest BCUT2D eigenvalue weighted by molar-refractivity contribution is 0.277. The first-order valence-electron chi connectivity index (χ1n) is 8.82. The fourth-order valence-corrected chi connectivity index (χ4v) is 4.50. The first-order valence-corrected chi connectivity index (χ1v) is 8.82. The highest BCUT2D eigenvalue weighted by molar-refractivity contribution is 5.37. The maximum Gasteiger partial charge on any atom is 0.225 e. The van der Waals surface area contributed by atoms with E-state index in [1.54, 1.807) is 0 Å². The number of halogens is 1. The van der Waals surface area contributed by atoms with E-state index in [1.807, 2.05) is 6.08 Å². The van der Waals surface area contributed by atoms with E-state index < -0.39 is 5.82 Å². The molecule has 0 bridgehead atoms. The van der Waals surface area contributed by atoms with Crippen molar-refractivity contribution in [3.05, 3.63) is 66.8 Å². The summed E-state index contributed by atoms with van der Waals surface area (Å²) in [6.07, 6.45) is 5.53. The minimum atomic E-state index is -0.391. The fourth-order valence-electron chi connectivity index (χ4n) is 4.50. The number of fused-ring (bicyclic) bond motifs is 1. The van der Waals surface area contributed by atoms with Gasteiger partial charge in [0.05, 0.1) is 12.4 Å². The first-order chi connectivity index (χ1) is 12.2. The van der Waals surface area contributed by atoms with Crippen molar-refractivity contribution in [3.63, 3.8) is 0 Å². The molecule has 2 unspecified atom stereocenters. The van der Waals surface area contributed by atoms with Gasteiger partial charge >= 0.3 is 0 Å². The Balaban J connectivity index is 1.62. The van der Waals surface area contributed by atoms with Crippen LogP contribution in [-0.4, -0.2) is 47.6 Å². The summed E-state index contributed by atoms with van der Waals surface area (Å²) in [6, 6.07) is 10.9. The number of hydrogen-bond acceptors (Lipinski definition) is 4. The van der Waals surface area contributed by atoms with Crippen LogP contribution in [-0.2, 0) is 5.41 Å². The number of likely N-dealkylation sites (tertiary alicyclic amines) is 1. The maximum atomic E-state index is 13.1. The van der Waals surface area contributed by atoms with Crippen molar-refractivity contribution in [1.82, 2.24) is 14.9 Å². The van der Waals surface area contributed by atoms with Crippen molar-refractivity contribution in [2.24, 2.45) is 5.92 Å². The summed E-state index contributed by atoms with van der Waals surface area (Å²) in [5, 5.41) is 0. The van der Waals surface area contributed by atoms with Gasteiger partial charge in [0.2, 0.25) is 5.95 Å². The zero-order chi connectivity index (χ0) is 17.3. The van der Waals surface area contributed by atoms with Crippen LogP contribution in [0.25, 0.3) is 0 Å². The van der Waals surface area contributed by atoms with Gasteiger partial charge in [-0.25, -0.2) is 14.4 Å². The molecule has 1 aromatic carbocycles. The van der Waals surface area contributed by atoms with Crippen molar-refractivity contribution in [3.8, 4) is 0 Å². The van der Waals surface area contributed by atoms with Gasteiger partial charge in [0.25, 0.3) is 0 Å². The van der Waals surface area contributed by atoms with Crippen LogP contribution >= 0.6 is 0 Å². The van der Waals surface area contributed by atoms with Crippen LogP contribution in [0.2, 0.25) is 0 Å². The van der Waals surface area contributed by atoms with Gasteiger partial charge in [-0.15, -0.1) is 6.58 Å². The highest BCUT2D eigenvalue weighted by Gasteiger charge is 2.50. The quantitative estimate of drug-likeness (QED) is 0.803. The fraction of sp³-hybridized carbons (Fsp3) is 0.400. The normalized spacial score (nSPS) is 26.4. The van der Waals surface area contributed by atoms with Crippen LogP contribution in [0.3, 0.4) is 0 Å². The monoisotopic (exact) mass is 338 g/mol. The summed E-state index contributed by atoms with van der Waals surface area (Å²) in [5.74, 6) is 0.736. The Morgan fingerprint density at radius 3 is 2.68 bits per heavy atom. The Labute approximate surface area is 148 Å². The minimum Gasteiger partial charge on any atom is -0.340 e. The summed E-state index contributed by atoms with van der Waals surface area (Å²) in [4.78, 5) is 13.0. The lowest BCUT2D eigenvalue weighted by Gasteiger charge is -2.44. The lowest BCUT2D eigenvalue weighted by Crippen LogP contribution is -2.50. The second-order valence-electron chi connectivity index (χ2n) is 7.10. The summed E-state index contributed by atoms with van der Waals surface area (Å²) in [6.45, 7) is 8.70. The predicted octanol–water partition coefficient (Wildman–Crippen LogP) is 2.88. The number of hydrogen-bond donors (Lipinski definition) is 0. The molecule has 5 heteroatoms. The number of rotatable bonds is 4. The maximum absolute atomic E-state index is 13.1. The highest BCUT2D eigenvalue weighted by Crippen LogP contribution is 2.45. The zero-order valence-electron chi connectivity index (χ0n) is 14.3. The molecule has 0 saturated carbocycles. The number of benzene rings is 1. The zero-order valence-corrected chi connectivity index (χ0v) is 14.3. The molecule has 2 fully saturated rings. The van der Waals surface area contributed by atoms with Crippen LogP contribution in [0.1, 0.15) is 12.0 Å². The molecule has 2 aliphatic rings. The minimum absolute atomic E-state index is 0.167. The molecule has 0 amide bonds. The van der Waals surface area contributed by atoms with Crippen LogP contribution in [0, 0.1) is 11.7 Å². The summed E-state index contributed by atoms with van der Waals surface area (Å²) < 4.78 is 13.1. The van der Waals surface area contributed by atoms with E-state index in [2.05, 4.69) is 56.7 Å². The first kappa shape index (κ1) is 16.2. The van der Waals surface area contributed by atoms with Crippen molar-refractivity contribution in [1.29, 1.82) is 0 Å². The molecule has 1 aromatic heterocycles. The standard InChI is InChI=1S/C20H23FN4/c1-2-9-24-13-17-14-25(19-22-11-18(21)12-23-19)10-8-20(17,15-24)16-6-4-3-5-7-16/h2-7,11-12,17H,1,8-10,13-15H2. The van der Waals surface area contributed by atoms with Crippen molar-refractivity contribution >= 4 is 5.95 Å². The molecule has 0 spiro atoms. The molecule has 2 atom stereocenters. The third-order valence-electron chi connectivity index (χ3n) is 5.66. The molecule has 0 radical (unpaired) electrons. The van der Waals surface area contributed by atoms with Crippen molar-refractivity contribution < 1.29 is 4.39 Å². The molecule has 2 aromatic rings. The third-order valence-corrected chi connectivity index (χ3v) is 5.66. The Hall–Kier alpha value is -2.27. The second kappa shape index (κ2) is 6.56. The Morgan fingerprint density at radius 2 is 1.96 bits per heavy atom. The number of piperidine rings is 1. The van der Waals surface area contributed by atoms with Crippen LogP contribution in [0.5, 0.6) is 0 Å². The summed E-state index contributed by atoms with van der Waals surface area (Å²) in [7, 11) is 0. The van der Waals surface area contributed by atoms with E-state index in [0.29, 0.717) is 11.9 Å². The van der Waals surface area contributed by atoms with Gasteiger partial charge < -0.3 is 4.90 Å². The molecule has 0 aliphatic carbocycles. The smallest absolute Gasteiger partial charge is 0.225 e. The number of nitrogens with zero attached hydrogens (tertiary/aromatic N) is 4. The molecule has 25 heavy (non-hydrogen) atoms. The summed E-state index contributed by atoms with van der Waals surface area (Å²) in [5.41, 5.74) is 1.59. The molecular weight excluding hydrogens is 315 g/mol. The van der Waals surface area contributed by atoms with Crippen molar-refractivity contribution in [2.75, 3.05) is 37.6 Å². The van der Waals surface area contributed by atoms with Crippen LogP contribution < -0.4 is 4.90 Å². The van der Waals surface area contributed by atoms with Gasteiger partial charge in [-0.3, -0.25) is 4.90 Å². The second-order valence-corrected chi connectivity index (χ2v) is 7.10. The summed E-state index contributed by atoms with van der Waals surface area (Å²) >= 11 is 0. The van der Waals surface area contributed by atoms with Crippen molar-refractivity contribution in [2.45, 2.75) is 11.8 Å². The molecule has 4 rings (SSSR count). The molecule has 130 valence electrons. The predicted molar refractivity (Wildman–Crippen MR) is 97.1 cm³/mol. The van der Waals surface area contributed by atoms with Gasteiger partial charge in [0, 0.05) is 44.1 Å². The molecular formula is C20H23FN4. The Morgan fingerprint density at radius 1 is 1.20 bits per heavy atom. The molecule has 3 heterocycles. The average Bonchev–Trinajstić information content (AvgIpc) is 3.02. The molecule has 4 nitrogen and oxygen atoms in total. The van der Waals surface area contributed by atoms with Gasteiger partial charge in [0.15, 0.2) is 5.82 Å². The SMILES string of the molecule is C=CCN1CC2CN(c3ncc(F)cn3)CCC2(c2ccccc2)C1. The van der Waals surface area contributed by atoms with E-state index >= 15 is 0 Å². The average molecular weight is 338 g/mol. The van der Waals surface area contributed by atoms with Crippen LogP contribution in [0.15, 0.2) is 55.4 Å². The van der Waals surface area contributed by atoms with Gasteiger partial charge in [0.1, 0.15) is 0 Å². The Kier molecular flexibility index (Phi) is 4.25. The highest BCUT2D eigenvalue weighted by atomic mass is 19.1. The van der Waals surface area contributed by atoms with Gasteiger partial charge in [-0.05, 0) is 12.0 Å². The van der Waals surface area contributed by atoms with Gasteiger partial charge in [-0.2, -0.15) is 0 Å². The molecule has 2 aliphatic heterocycles. The Bertz CT molecular complexity index is 733. The molecule has 2 saturated heterocycles. The number of aromatic nitrogens is 2. The van der Waals surface area contributed by atoms with E-state index in [-0.39, 0.29) is 5.41 Å². The molecule has 0 N–H and O–H groups in total. The lowest BCUT2D eigenvalue weighted by atomic mass is 9.68. The largest absolute Gasteiger partial charge is 0.340 e. The van der Waals surface area contributed by atoms with E-state index in [9.17, 15) is 4.39 Å². The number of anilines is 1. The topological polar surface area (TPSA) is 32.3 Å². The third kappa shape index (κ3) is 2.93. The van der Waals surface area contributed by atoms with E-state index in [0.717, 1.165) is 39.1 Å². The van der Waals surface area contributed by atoms with Gasteiger partial charge in [-0.1, -0.05) is 36.4 Å². The van der Waals surface area contributed by atoms with E-state index in [1.165, 1.54) is 18.0 Å².